The zero-order chi connectivity index (χ0) is 29.2. The van der Waals surface area contributed by atoms with Crippen molar-refractivity contribution in [2.45, 2.75) is 97.4 Å². The van der Waals surface area contributed by atoms with Crippen molar-refractivity contribution in [2.75, 3.05) is 25.2 Å². The summed E-state index contributed by atoms with van der Waals surface area (Å²) in [6.45, 7) is 11.4. The molecule has 1 aromatic rings. The Morgan fingerprint density at radius 2 is 1.82 bits per heavy atom. The summed E-state index contributed by atoms with van der Waals surface area (Å²) < 4.78 is 10.4. The number of aryl methyl sites for hydroxylation is 2. The van der Waals surface area contributed by atoms with E-state index in [1.165, 1.54) is 0 Å². The molecule has 0 radical (unpaired) electrons. The Balaban J connectivity index is 2.44. The third kappa shape index (κ3) is 10.1. The first-order valence-electron chi connectivity index (χ1n) is 13.7. The van der Waals surface area contributed by atoms with Crippen molar-refractivity contribution in [3.63, 3.8) is 0 Å². The maximum atomic E-state index is 14.2. The average Bonchev–Trinajstić information content (AvgIpc) is 2.81. The first kappa shape index (κ1) is 32.5. The Labute approximate surface area is 237 Å². The summed E-state index contributed by atoms with van der Waals surface area (Å²) in [6.07, 6.45) is 4.19. The van der Waals surface area contributed by atoms with Gasteiger partial charge in [0.15, 0.2) is 0 Å². The molecule has 9 nitrogen and oxygen atoms in total. The first-order chi connectivity index (χ1) is 18.4. The van der Waals surface area contributed by atoms with Gasteiger partial charge >= 0.3 is 12.1 Å². The van der Waals surface area contributed by atoms with Gasteiger partial charge in [-0.1, -0.05) is 18.2 Å². The SMILES string of the molecule is CCOC(=O)CCNC(=O)C(c1ccc(C)c(C)c1)N(C(=O)C(CCSC)NC(=O)OC(C)(C)C)C1CCC1. The number of rotatable bonds is 13. The lowest BCUT2D eigenvalue weighted by Crippen LogP contribution is -2.57. The van der Waals surface area contributed by atoms with Crippen molar-refractivity contribution in [1.29, 1.82) is 0 Å². The van der Waals surface area contributed by atoms with Crippen LogP contribution < -0.4 is 10.6 Å². The fourth-order valence-electron chi connectivity index (χ4n) is 4.30. The second-order valence-corrected chi connectivity index (χ2v) is 11.9. The maximum Gasteiger partial charge on any atom is 0.408 e. The van der Waals surface area contributed by atoms with Crippen LogP contribution in [0.25, 0.3) is 0 Å². The lowest BCUT2D eigenvalue weighted by Gasteiger charge is -2.43. The average molecular weight is 564 g/mol. The smallest absolute Gasteiger partial charge is 0.408 e. The van der Waals surface area contributed by atoms with E-state index in [0.29, 0.717) is 17.7 Å². The molecular weight excluding hydrogens is 518 g/mol. The van der Waals surface area contributed by atoms with Gasteiger partial charge < -0.3 is 25.0 Å². The minimum Gasteiger partial charge on any atom is -0.466 e. The van der Waals surface area contributed by atoms with E-state index in [1.54, 1.807) is 44.4 Å². The van der Waals surface area contributed by atoms with E-state index in [-0.39, 0.29) is 37.4 Å². The highest BCUT2D eigenvalue weighted by Gasteiger charge is 2.42. The molecule has 3 amide bonds. The van der Waals surface area contributed by atoms with E-state index in [2.05, 4.69) is 10.6 Å². The molecular formula is C29H45N3O6S. The fraction of sp³-hybridized carbons (Fsp3) is 0.655. The molecule has 10 heteroatoms. The van der Waals surface area contributed by atoms with Crippen molar-refractivity contribution in [2.24, 2.45) is 0 Å². The third-order valence-electron chi connectivity index (χ3n) is 6.63. The molecule has 0 bridgehead atoms. The van der Waals surface area contributed by atoms with Crippen LogP contribution in [-0.2, 0) is 23.9 Å². The van der Waals surface area contributed by atoms with Crippen molar-refractivity contribution in [1.82, 2.24) is 15.5 Å². The van der Waals surface area contributed by atoms with Gasteiger partial charge in [0, 0.05) is 12.6 Å². The van der Waals surface area contributed by atoms with Gasteiger partial charge in [0.2, 0.25) is 11.8 Å². The van der Waals surface area contributed by atoms with E-state index >= 15 is 0 Å². The number of thioether (sulfide) groups is 1. The molecule has 2 unspecified atom stereocenters. The summed E-state index contributed by atoms with van der Waals surface area (Å²) in [7, 11) is 0. The number of esters is 1. The topological polar surface area (TPSA) is 114 Å². The summed E-state index contributed by atoms with van der Waals surface area (Å²) in [5.74, 6) is -0.441. The molecule has 2 N–H and O–H groups in total. The Hall–Kier alpha value is -2.75. The molecule has 0 heterocycles. The number of alkyl carbamates (subject to hydrolysis) is 1. The van der Waals surface area contributed by atoms with Crippen LogP contribution in [-0.4, -0.2) is 71.6 Å². The number of amides is 3. The number of ether oxygens (including phenoxy) is 2. The van der Waals surface area contributed by atoms with Gasteiger partial charge in [-0.15, -0.1) is 0 Å². The number of benzene rings is 1. The maximum absolute atomic E-state index is 14.2. The van der Waals surface area contributed by atoms with Crippen LogP contribution in [0.15, 0.2) is 18.2 Å². The van der Waals surface area contributed by atoms with Crippen LogP contribution >= 0.6 is 11.8 Å². The second-order valence-electron chi connectivity index (χ2n) is 10.9. The van der Waals surface area contributed by atoms with E-state index in [4.69, 9.17) is 9.47 Å². The quantitative estimate of drug-likeness (QED) is 0.341. The number of carbonyl (C=O) groups is 4. The molecule has 39 heavy (non-hydrogen) atoms. The van der Waals surface area contributed by atoms with Gasteiger partial charge in [-0.2, -0.15) is 11.8 Å². The summed E-state index contributed by atoms with van der Waals surface area (Å²) in [5.41, 5.74) is 2.05. The highest BCUT2D eigenvalue weighted by atomic mass is 32.2. The van der Waals surface area contributed by atoms with E-state index < -0.39 is 29.7 Å². The number of nitrogens with zero attached hydrogens (tertiary/aromatic N) is 1. The molecule has 1 saturated carbocycles. The molecule has 1 aliphatic rings. The van der Waals surface area contributed by atoms with Gasteiger partial charge in [0.1, 0.15) is 17.7 Å². The van der Waals surface area contributed by atoms with Crippen LogP contribution in [0.1, 0.15) is 82.5 Å². The molecule has 218 valence electrons. The standard InChI is InChI=1S/C29H45N3O6S/c1-8-37-24(33)14-16-30-26(34)25(21-13-12-19(2)20(3)18-21)32(22-10-9-11-22)27(35)23(15-17-39-7)31-28(36)38-29(4,5)6/h12-13,18,22-23,25H,8-11,14-17H2,1-7H3,(H,30,34)(H,31,36). The Morgan fingerprint density at radius 3 is 2.36 bits per heavy atom. The molecule has 0 spiro atoms. The van der Waals surface area contributed by atoms with E-state index in [0.717, 1.165) is 30.4 Å². The van der Waals surface area contributed by atoms with E-state index in [1.807, 2.05) is 38.3 Å². The van der Waals surface area contributed by atoms with Crippen LogP contribution in [0.4, 0.5) is 4.79 Å². The van der Waals surface area contributed by atoms with Crippen LogP contribution in [0.5, 0.6) is 0 Å². The predicted molar refractivity (Wildman–Crippen MR) is 154 cm³/mol. The highest BCUT2D eigenvalue weighted by Crippen LogP contribution is 2.34. The van der Waals surface area contributed by atoms with Crippen molar-refractivity contribution in [3.8, 4) is 0 Å². The monoisotopic (exact) mass is 563 g/mol. The van der Waals surface area contributed by atoms with E-state index in [9.17, 15) is 19.2 Å². The zero-order valence-electron chi connectivity index (χ0n) is 24.4. The normalized spacial score (nSPS) is 14.9. The fourth-order valence-corrected chi connectivity index (χ4v) is 4.77. The number of hydrogen-bond donors (Lipinski definition) is 2. The van der Waals surface area contributed by atoms with Gasteiger partial charge in [-0.25, -0.2) is 4.79 Å². The summed E-state index contributed by atoms with van der Waals surface area (Å²) in [6, 6.07) is 3.83. The van der Waals surface area contributed by atoms with Gasteiger partial charge in [-0.3, -0.25) is 14.4 Å². The molecule has 1 aromatic carbocycles. The van der Waals surface area contributed by atoms with Crippen LogP contribution in [0.3, 0.4) is 0 Å². The van der Waals surface area contributed by atoms with Gasteiger partial charge in [-0.05, 0) is 95.9 Å². The van der Waals surface area contributed by atoms with Crippen LogP contribution in [0.2, 0.25) is 0 Å². The van der Waals surface area contributed by atoms with Crippen molar-refractivity contribution < 1.29 is 28.7 Å². The molecule has 0 aromatic heterocycles. The summed E-state index contributed by atoms with van der Waals surface area (Å²) in [5, 5.41) is 5.62. The third-order valence-corrected chi connectivity index (χ3v) is 7.27. The molecule has 1 fully saturated rings. The Bertz CT molecular complexity index is 1010. The van der Waals surface area contributed by atoms with Gasteiger partial charge in [0.05, 0.1) is 13.0 Å². The lowest BCUT2D eigenvalue weighted by molar-refractivity contribution is -0.148. The highest BCUT2D eigenvalue weighted by molar-refractivity contribution is 7.98. The number of hydrogen-bond acceptors (Lipinski definition) is 7. The van der Waals surface area contributed by atoms with Crippen molar-refractivity contribution >= 4 is 35.6 Å². The predicted octanol–water partition coefficient (Wildman–Crippen LogP) is 4.44. The summed E-state index contributed by atoms with van der Waals surface area (Å²) >= 11 is 1.57. The van der Waals surface area contributed by atoms with Crippen molar-refractivity contribution in [3.05, 3.63) is 34.9 Å². The Kier molecular flexibility index (Phi) is 12.6. The number of nitrogens with one attached hydrogen (secondary N) is 2. The molecule has 2 atom stereocenters. The first-order valence-corrected chi connectivity index (χ1v) is 15.1. The minimum absolute atomic E-state index is 0.0349. The second kappa shape index (κ2) is 15.1. The van der Waals surface area contributed by atoms with Gasteiger partial charge in [0.25, 0.3) is 0 Å². The number of carbonyl (C=O) groups excluding carboxylic acids is 4. The minimum atomic E-state index is -0.915. The molecule has 2 rings (SSSR count). The largest absolute Gasteiger partial charge is 0.466 e. The Morgan fingerprint density at radius 1 is 1.13 bits per heavy atom. The zero-order valence-corrected chi connectivity index (χ0v) is 25.2. The molecule has 0 aliphatic heterocycles. The molecule has 0 saturated heterocycles. The molecule has 1 aliphatic carbocycles. The summed E-state index contributed by atoms with van der Waals surface area (Å²) in [4.78, 5) is 54.2. The van der Waals surface area contributed by atoms with Crippen LogP contribution in [0, 0.1) is 13.8 Å². The lowest BCUT2D eigenvalue weighted by atomic mass is 9.87.